The largest absolute Gasteiger partial charge is 0.381 e. The molecule has 0 radical (unpaired) electrons. The standard InChI is InChI=1S/C16H23F2NO/c1-2-5-19-12-16(3-6-20-7-4-16)11-13-8-14(17)10-15(18)9-13/h8-10,19H,2-7,11-12H2,1H3. The number of rotatable bonds is 6. The van der Waals surface area contributed by atoms with E-state index in [-0.39, 0.29) is 5.41 Å². The highest BCUT2D eigenvalue weighted by Gasteiger charge is 2.32. The summed E-state index contributed by atoms with van der Waals surface area (Å²) >= 11 is 0. The Labute approximate surface area is 119 Å². The molecule has 1 aliphatic heterocycles. The van der Waals surface area contributed by atoms with E-state index in [0.717, 1.165) is 57.2 Å². The molecule has 4 heteroatoms. The lowest BCUT2D eigenvalue weighted by Crippen LogP contribution is -2.41. The van der Waals surface area contributed by atoms with Gasteiger partial charge in [-0.25, -0.2) is 8.78 Å². The highest BCUT2D eigenvalue weighted by atomic mass is 19.1. The average Bonchev–Trinajstić information content (AvgIpc) is 2.38. The molecular formula is C16H23F2NO. The first-order valence-corrected chi connectivity index (χ1v) is 7.37. The van der Waals surface area contributed by atoms with Crippen LogP contribution in [0.2, 0.25) is 0 Å². The monoisotopic (exact) mass is 283 g/mol. The summed E-state index contributed by atoms with van der Waals surface area (Å²) in [6, 6.07) is 3.82. The maximum absolute atomic E-state index is 13.3. The number of halogens is 2. The molecule has 1 fully saturated rings. The second kappa shape index (κ2) is 7.14. The van der Waals surface area contributed by atoms with E-state index in [9.17, 15) is 8.78 Å². The second-order valence-corrected chi connectivity index (χ2v) is 5.74. The molecule has 1 aromatic carbocycles. The van der Waals surface area contributed by atoms with Gasteiger partial charge in [0.2, 0.25) is 0 Å². The first-order valence-electron chi connectivity index (χ1n) is 7.37. The fourth-order valence-corrected chi connectivity index (χ4v) is 2.90. The van der Waals surface area contributed by atoms with Crippen LogP contribution in [0.1, 0.15) is 31.7 Å². The molecule has 0 spiro atoms. The van der Waals surface area contributed by atoms with Crippen molar-refractivity contribution >= 4 is 0 Å². The quantitative estimate of drug-likeness (QED) is 0.809. The van der Waals surface area contributed by atoms with Gasteiger partial charge in [-0.05, 0) is 55.3 Å². The minimum absolute atomic E-state index is 0.0493. The van der Waals surface area contributed by atoms with Crippen molar-refractivity contribution in [3.63, 3.8) is 0 Å². The minimum Gasteiger partial charge on any atom is -0.381 e. The molecule has 1 saturated heterocycles. The molecule has 0 aromatic heterocycles. The van der Waals surface area contributed by atoms with Gasteiger partial charge in [0.25, 0.3) is 0 Å². The molecule has 0 unspecified atom stereocenters. The zero-order valence-corrected chi connectivity index (χ0v) is 12.1. The maximum atomic E-state index is 13.3. The molecule has 0 bridgehead atoms. The van der Waals surface area contributed by atoms with Crippen LogP contribution in [0.5, 0.6) is 0 Å². The normalized spacial score (nSPS) is 18.1. The molecule has 0 atom stereocenters. The molecule has 0 saturated carbocycles. The zero-order chi connectivity index (χ0) is 14.4. The van der Waals surface area contributed by atoms with Gasteiger partial charge in [0.05, 0.1) is 0 Å². The van der Waals surface area contributed by atoms with Gasteiger partial charge in [-0.2, -0.15) is 0 Å². The van der Waals surface area contributed by atoms with Gasteiger partial charge < -0.3 is 10.1 Å². The predicted molar refractivity (Wildman–Crippen MR) is 75.7 cm³/mol. The second-order valence-electron chi connectivity index (χ2n) is 5.74. The highest BCUT2D eigenvalue weighted by Crippen LogP contribution is 2.34. The molecule has 1 heterocycles. The third-order valence-electron chi connectivity index (χ3n) is 3.98. The topological polar surface area (TPSA) is 21.3 Å². The number of ether oxygens (including phenoxy) is 1. The summed E-state index contributed by atoms with van der Waals surface area (Å²) in [5, 5.41) is 3.45. The van der Waals surface area contributed by atoms with Crippen molar-refractivity contribution in [3.8, 4) is 0 Å². The molecule has 112 valence electrons. The average molecular weight is 283 g/mol. The summed E-state index contributed by atoms with van der Waals surface area (Å²) in [6.07, 6.45) is 3.65. The number of hydrogen-bond acceptors (Lipinski definition) is 2. The van der Waals surface area contributed by atoms with Gasteiger partial charge in [0.15, 0.2) is 0 Å². The molecular weight excluding hydrogens is 260 g/mol. The Morgan fingerprint density at radius 3 is 2.40 bits per heavy atom. The van der Waals surface area contributed by atoms with Crippen LogP contribution < -0.4 is 5.32 Å². The third kappa shape index (κ3) is 4.25. The molecule has 2 nitrogen and oxygen atoms in total. The Bertz CT molecular complexity index is 410. The Hall–Kier alpha value is -1.00. The SMILES string of the molecule is CCCNCC1(Cc2cc(F)cc(F)c2)CCOCC1. The molecule has 2 rings (SSSR count). The number of hydrogen-bond donors (Lipinski definition) is 1. The summed E-state index contributed by atoms with van der Waals surface area (Å²) in [4.78, 5) is 0. The van der Waals surface area contributed by atoms with Crippen LogP contribution in [0, 0.1) is 17.0 Å². The fourth-order valence-electron chi connectivity index (χ4n) is 2.90. The van der Waals surface area contributed by atoms with Crippen LogP contribution in [-0.2, 0) is 11.2 Å². The van der Waals surface area contributed by atoms with Crippen LogP contribution in [0.3, 0.4) is 0 Å². The Morgan fingerprint density at radius 1 is 1.15 bits per heavy atom. The summed E-state index contributed by atoms with van der Waals surface area (Å²) in [5.41, 5.74) is 0.788. The number of nitrogens with one attached hydrogen (secondary N) is 1. The van der Waals surface area contributed by atoms with E-state index in [1.807, 2.05) is 0 Å². The van der Waals surface area contributed by atoms with Crippen LogP contribution in [0.25, 0.3) is 0 Å². The van der Waals surface area contributed by atoms with Crippen molar-refractivity contribution in [1.82, 2.24) is 5.32 Å². The van der Waals surface area contributed by atoms with Crippen LogP contribution >= 0.6 is 0 Å². The fraction of sp³-hybridized carbons (Fsp3) is 0.625. The Balaban J connectivity index is 2.09. The van der Waals surface area contributed by atoms with E-state index in [1.54, 1.807) is 0 Å². The summed E-state index contributed by atoms with van der Waals surface area (Å²) in [7, 11) is 0. The van der Waals surface area contributed by atoms with E-state index in [2.05, 4.69) is 12.2 Å². The lowest BCUT2D eigenvalue weighted by molar-refractivity contribution is 0.0150. The smallest absolute Gasteiger partial charge is 0.126 e. The van der Waals surface area contributed by atoms with Crippen molar-refractivity contribution in [2.24, 2.45) is 5.41 Å². The van der Waals surface area contributed by atoms with Crippen LogP contribution in [0.4, 0.5) is 8.78 Å². The molecule has 20 heavy (non-hydrogen) atoms. The first-order chi connectivity index (χ1) is 9.63. The van der Waals surface area contributed by atoms with Gasteiger partial charge in [-0.3, -0.25) is 0 Å². The lowest BCUT2D eigenvalue weighted by atomic mass is 9.75. The van der Waals surface area contributed by atoms with Crippen LogP contribution in [-0.4, -0.2) is 26.3 Å². The van der Waals surface area contributed by atoms with Crippen molar-refractivity contribution in [2.45, 2.75) is 32.6 Å². The van der Waals surface area contributed by atoms with Crippen molar-refractivity contribution < 1.29 is 13.5 Å². The minimum atomic E-state index is -0.497. The number of benzene rings is 1. The molecule has 1 aliphatic rings. The van der Waals surface area contributed by atoms with E-state index >= 15 is 0 Å². The van der Waals surface area contributed by atoms with Gasteiger partial charge in [-0.1, -0.05) is 6.92 Å². The van der Waals surface area contributed by atoms with Crippen molar-refractivity contribution in [1.29, 1.82) is 0 Å². The van der Waals surface area contributed by atoms with E-state index in [0.29, 0.717) is 6.42 Å². The first kappa shape index (κ1) is 15.4. The summed E-state index contributed by atoms with van der Waals surface area (Å²) < 4.78 is 32.1. The molecule has 0 aliphatic carbocycles. The Kier molecular flexibility index (Phi) is 5.49. The van der Waals surface area contributed by atoms with Gasteiger partial charge in [0, 0.05) is 25.8 Å². The maximum Gasteiger partial charge on any atom is 0.126 e. The lowest BCUT2D eigenvalue weighted by Gasteiger charge is -2.37. The van der Waals surface area contributed by atoms with Gasteiger partial charge >= 0.3 is 0 Å². The van der Waals surface area contributed by atoms with Gasteiger partial charge in [-0.15, -0.1) is 0 Å². The van der Waals surface area contributed by atoms with Crippen LogP contribution in [0.15, 0.2) is 18.2 Å². The van der Waals surface area contributed by atoms with Gasteiger partial charge in [0.1, 0.15) is 11.6 Å². The zero-order valence-electron chi connectivity index (χ0n) is 12.1. The molecule has 1 N–H and O–H groups in total. The van der Waals surface area contributed by atoms with E-state index < -0.39 is 11.6 Å². The Morgan fingerprint density at radius 2 is 1.80 bits per heavy atom. The molecule has 0 amide bonds. The van der Waals surface area contributed by atoms with E-state index in [1.165, 1.54) is 12.1 Å². The summed E-state index contributed by atoms with van der Waals surface area (Å²) in [6.45, 7) is 5.44. The van der Waals surface area contributed by atoms with Crippen molar-refractivity contribution in [3.05, 3.63) is 35.4 Å². The third-order valence-corrected chi connectivity index (χ3v) is 3.98. The molecule has 1 aromatic rings. The van der Waals surface area contributed by atoms with Crippen molar-refractivity contribution in [2.75, 3.05) is 26.3 Å². The highest BCUT2D eigenvalue weighted by molar-refractivity contribution is 5.20. The van der Waals surface area contributed by atoms with E-state index in [4.69, 9.17) is 4.74 Å². The predicted octanol–water partition coefficient (Wildman–Crippen LogP) is 3.30. The summed E-state index contributed by atoms with van der Waals surface area (Å²) in [5.74, 6) is -0.993.